The van der Waals surface area contributed by atoms with E-state index in [1.165, 1.54) is 19.4 Å². The Kier molecular flexibility index (Phi) is 6.77. The molecular weight excluding hydrogens is 226 g/mol. The van der Waals surface area contributed by atoms with Gasteiger partial charge < -0.3 is 16.0 Å². The molecule has 3 N–H and O–H groups in total. The average molecular weight is 251 g/mol. The molecule has 102 valence electrons. The third-order valence-electron chi connectivity index (χ3n) is 3.44. The molecule has 1 saturated heterocycles. The lowest BCUT2D eigenvalue weighted by molar-refractivity contribution is -0.123. The summed E-state index contributed by atoms with van der Waals surface area (Å²) in [7, 11) is 0. The van der Waals surface area contributed by atoms with Crippen LogP contribution in [0.2, 0.25) is 0 Å². The van der Waals surface area contributed by atoms with Gasteiger partial charge in [0.2, 0.25) is 5.91 Å². The molecule has 1 fully saturated rings. The largest absolute Gasteiger partial charge is 0.352 e. The lowest BCUT2D eigenvalue weighted by Gasteiger charge is -2.32. The van der Waals surface area contributed by atoms with Crippen molar-refractivity contribution in [1.82, 2.24) is 10.2 Å². The highest BCUT2D eigenvalue weighted by atomic mass is 16.2. The average Bonchev–Trinajstić information content (AvgIpc) is 2.38. The Labute approximate surface area is 110 Å². The maximum atomic E-state index is 11.7. The third kappa shape index (κ3) is 5.07. The van der Waals surface area contributed by atoms with Gasteiger partial charge in [0.25, 0.3) is 0 Å². The highest BCUT2D eigenvalue weighted by Crippen LogP contribution is 2.11. The fraction of sp³-hybridized carbons (Fsp3) is 0.786. The van der Waals surface area contributed by atoms with Crippen molar-refractivity contribution in [2.45, 2.75) is 51.1 Å². The molecule has 1 aliphatic rings. The number of unbranched alkanes of at least 4 members (excludes halogenated alkanes) is 1. The van der Waals surface area contributed by atoms with Crippen molar-refractivity contribution in [2.75, 3.05) is 19.6 Å². The van der Waals surface area contributed by atoms with E-state index < -0.39 is 6.04 Å². The van der Waals surface area contributed by atoms with E-state index in [0.29, 0.717) is 6.42 Å². The van der Waals surface area contributed by atoms with Gasteiger partial charge >= 0.3 is 0 Å². The van der Waals surface area contributed by atoms with Gasteiger partial charge in [0, 0.05) is 25.6 Å². The van der Waals surface area contributed by atoms with Crippen LogP contribution < -0.4 is 11.1 Å². The first kappa shape index (κ1) is 15.0. The molecule has 0 spiro atoms. The van der Waals surface area contributed by atoms with Crippen LogP contribution in [0.5, 0.6) is 0 Å². The summed E-state index contributed by atoms with van der Waals surface area (Å²) in [6, 6.07) is -0.299. The zero-order valence-corrected chi connectivity index (χ0v) is 11.3. The summed E-state index contributed by atoms with van der Waals surface area (Å²) in [5, 5.41) is 2.99. The highest BCUT2D eigenvalue weighted by Gasteiger charge is 2.22. The molecule has 1 rings (SSSR count). The molecular formula is C14H25N3O. The number of amides is 1. The number of carbonyl (C=O) groups is 1. The fourth-order valence-electron chi connectivity index (χ4n) is 2.21. The predicted octanol–water partition coefficient (Wildman–Crippen LogP) is 0.718. The summed E-state index contributed by atoms with van der Waals surface area (Å²) < 4.78 is 0. The first-order chi connectivity index (χ1) is 8.67. The minimum atomic E-state index is -0.562. The quantitative estimate of drug-likeness (QED) is 0.684. The van der Waals surface area contributed by atoms with E-state index in [1.807, 2.05) is 0 Å². The van der Waals surface area contributed by atoms with Gasteiger partial charge in [0.05, 0.1) is 6.04 Å². The number of piperidine rings is 1. The minimum absolute atomic E-state index is 0.111. The van der Waals surface area contributed by atoms with Crippen LogP contribution in [0.15, 0.2) is 0 Å². The maximum absolute atomic E-state index is 11.7. The number of hydrogen-bond donors (Lipinski definition) is 2. The van der Waals surface area contributed by atoms with Crippen molar-refractivity contribution >= 4 is 5.91 Å². The van der Waals surface area contributed by atoms with E-state index in [2.05, 4.69) is 23.1 Å². The van der Waals surface area contributed by atoms with E-state index in [0.717, 1.165) is 25.9 Å². The third-order valence-corrected chi connectivity index (χ3v) is 3.44. The maximum Gasteiger partial charge on any atom is 0.238 e. The Morgan fingerprint density at radius 3 is 2.78 bits per heavy atom. The van der Waals surface area contributed by atoms with Crippen LogP contribution in [0.25, 0.3) is 0 Å². The van der Waals surface area contributed by atoms with Gasteiger partial charge in [-0.15, -0.1) is 12.3 Å². The van der Waals surface area contributed by atoms with Crippen LogP contribution in [0, 0.1) is 12.3 Å². The molecule has 0 aliphatic carbocycles. The Morgan fingerprint density at radius 1 is 1.56 bits per heavy atom. The normalized spacial score (nSPS) is 19.2. The van der Waals surface area contributed by atoms with Crippen LogP contribution in [-0.4, -0.2) is 42.5 Å². The number of likely N-dealkylation sites (tertiary alicyclic amines) is 1. The van der Waals surface area contributed by atoms with Gasteiger partial charge in [-0.2, -0.15) is 0 Å². The number of rotatable bonds is 6. The summed E-state index contributed by atoms with van der Waals surface area (Å²) in [6.45, 7) is 5.51. The van der Waals surface area contributed by atoms with Crippen molar-refractivity contribution in [1.29, 1.82) is 0 Å². The van der Waals surface area contributed by atoms with Crippen molar-refractivity contribution in [3.63, 3.8) is 0 Å². The van der Waals surface area contributed by atoms with Crippen molar-refractivity contribution in [3.8, 4) is 12.3 Å². The topological polar surface area (TPSA) is 58.4 Å². The van der Waals surface area contributed by atoms with E-state index in [-0.39, 0.29) is 11.9 Å². The van der Waals surface area contributed by atoms with E-state index >= 15 is 0 Å². The summed E-state index contributed by atoms with van der Waals surface area (Å²) in [5.74, 6) is 2.31. The van der Waals surface area contributed by atoms with Gasteiger partial charge in [0.15, 0.2) is 0 Å². The molecule has 0 radical (unpaired) electrons. The van der Waals surface area contributed by atoms with Gasteiger partial charge in [-0.1, -0.05) is 13.3 Å². The van der Waals surface area contributed by atoms with Crippen LogP contribution in [0.1, 0.15) is 39.0 Å². The first-order valence-corrected chi connectivity index (χ1v) is 6.89. The van der Waals surface area contributed by atoms with Gasteiger partial charge in [-0.05, 0) is 25.8 Å². The molecule has 4 nitrogen and oxygen atoms in total. The molecule has 0 aromatic carbocycles. The molecule has 0 saturated carbocycles. The van der Waals surface area contributed by atoms with E-state index in [1.54, 1.807) is 0 Å². The summed E-state index contributed by atoms with van der Waals surface area (Å²) in [6.07, 6.45) is 9.97. The number of nitrogens with zero attached hydrogens (tertiary/aromatic N) is 1. The van der Waals surface area contributed by atoms with Crippen molar-refractivity contribution in [3.05, 3.63) is 0 Å². The Balaban J connectivity index is 2.23. The monoisotopic (exact) mass is 251 g/mol. The molecule has 0 bridgehead atoms. The molecule has 1 heterocycles. The van der Waals surface area contributed by atoms with Crippen LogP contribution in [-0.2, 0) is 4.79 Å². The molecule has 1 atom stereocenters. The second kappa shape index (κ2) is 8.12. The van der Waals surface area contributed by atoms with Crippen LogP contribution in [0.4, 0.5) is 0 Å². The Hall–Kier alpha value is -1.05. The fourth-order valence-corrected chi connectivity index (χ4v) is 2.21. The summed E-state index contributed by atoms with van der Waals surface area (Å²) in [4.78, 5) is 14.2. The van der Waals surface area contributed by atoms with E-state index in [9.17, 15) is 4.79 Å². The summed E-state index contributed by atoms with van der Waals surface area (Å²) >= 11 is 0. The highest BCUT2D eigenvalue weighted by molar-refractivity contribution is 5.82. The van der Waals surface area contributed by atoms with Crippen LogP contribution >= 0.6 is 0 Å². The van der Waals surface area contributed by atoms with Crippen molar-refractivity contribution in [2.24, 2.45) is 5.73 Å². The van der Waals surface area contributed by atoms with Crippen LogP contribution in [0.3, 0.4) is 0 Å². The standard InChI is InChI=1S/C14H25N3O/c1-3-5-9-17-10-7-12(8-11-17)16-14(18)13(15)6-4-2/h2,12-13H,3,5-11,15H2,1H3,(H,16,18). The molecule has 0 aromatic heterocycles. The molecule has 0 aromatic rings. The SMILES string of the molecule is C#CCC(N)C(=O)NC1CCN(CCCC)CC1. The number of hydrogen-bond acceptors (Lipinski definition) is 3. The molecule has 1 unspecified atom stereocenters. The second-order valence-corrected chi connectivity index (χ2v) is 4.99. The molecule has 18 heavy (non-hydrogen) atoms. The number of nitrogens with one attached hydrogen (secondary N) is 1. The van der Waals surface area contributed by atoms with E-state index in [4.69, 9.17) is 12.2 Å². The van der Waals surface area contributed by atoms with Gasteiger partial charge in [-0.3, -0.25) is 4.79 Å². The first-order valence-electron chi connectivity index (χ1n) is 6.89. The molecule has 1 amide bonds. The zero-order valence-electron chi connectivity index (χ0n) is 11.3. The number of carbonyl (C=O) groups excluding carboxylic acids is 1. The van der Waals surface area contributed by atoms with Crippen molar-refractivity contribution < 1.29 is 4.79 Å². The lowest BCUT2D eigenvalue weighted by Crippen LogP contribution is -2.49. The predicted molar refractivity (Wildman–Crippen MR) is 73.9 cm³/mol. The second-order valence-electron chi connectivity index (χ2n) is 4.99. The Morgan fingerprint density at radius 2 is 2.22 bits per heavy atom. The molecule has 1 aliphatic heterocycles. The summed E-state index contributed by atoms with van der Waals surface area (Å²) in [5.41, 5.74) is 5.67. The number of terminal acetylenes is 1. The van der Waals surface area contributed by atoms with Gasteiger partial charge in [0.1, 0.15) is 0 Å². The smallest absolute Gasteiger partial charge is 0.238 e. The number of nitrogens with two attached hydrogens (primary N) is 1. The minimum Gasteiger partial charge on any atom is -0.352 e. The zero-order chi connectivity index (χ0) is 13.4. The lowest BCUT2D eigenvalue weighted by atomic mass is 10.0. The Bertz CT molecular complexity index is 290. The van der Waals surface area contributed by atoms with Gasteiger partial charge in [-0.25, -0.2) is 0 Å². The molecule has 4 heteroatoms.